The molecule has 0 aliphatic carbocycles. The van der Waals surface area contributed by atoms with Crippen LogP contribution in [0.1, 0.15) is 32.3 Å². The highest BCUT2D eigenvalue weighted by Gasteiger charge is 2.34. The van der Waals surface area contributed by atoms with Crippen LogP contribution < -0.4 is 15.8 Å². The van der Waals surface area contributed by atoms with E-state index in [1.54, 1.807) is 0 Å². The Bertz CT molecular complexity index is 653. The van der Waals surface area contributed by atoms with Gasteiger partial charge in [-0.2, -0.15) is 5.26 Å². The lowest BCUT2D eigenvalue weighted by atomic mass is 9.99. The third-order valence-electron chi connectivity index (χ3n) is 5.21. The molecule has 0 bridgehead atoms. The number of hydrogen-bond donors (Lipinski definition) is 2. The molecule has 6 heteroatoms. The summed E-state index contributed by atoms with van der Waals surface area (Å²) in [6, 6.07) is 10.2. The fourth-order valence-electron chi connectivity index (χ4n) is 3.62. The Balaban J connectivity index is 1.62. The third-order valence-corrected chi connectivity index (χ3v) is 5.21. The third kappa shape index (κ3) is 3.94. The van der Waals surface area contributed by atoms with Crippen molar-refractivity contribution in [3.05, 3.63) is 29.8 Å². The second-order valence-corrected chi connectivity index (χ2v) is 7.22. The fourth-order valence-corrected chi connectivity index (χ4v) is 3.62. The average Bonchev–Trinajstić information content (AvgIpc) is 3.00. The van der Waals surface area contributed by atoms with Gasteiger partial charge in [-0.25, -0.2) is 5.43 Å². The average molecular weight is 341 g/mol. The van der Waals surface area contributed by atoms with Crippen molar-refractivity contribution in [2.24, 2.45) is 5.92 Å². The molecule has 3 rings (SSSR count). The van der Waals surface area contributed by atoms with Gasteiger partial charge in [0.2, 0.25) is 5.91 Å². The lowest BCUT2D eigenvalue weighted by Gasteiger charge is -2.25. The molecule has 0 spiro atoms. The number of carbonyl (C=O) groups is 1. The predicted octanol–water partition coefficient (Wildman–Crippen LogP) is 1.49. The van der Waals surface area contributed by atoms with Crippen molar-refractivity contribution in [2.45, 2.75) is 38.8 Å². The Kier molecular flexibility index (Phi) is 5.57. The van der Waals surface area contributed by atoms with E-state index in [0.717, 1.165) is 38.2 Å². The second-order valence-electron chi connectivity index (χ2n) is 7.22. The molecule has 134 valence electrons. The molecule has 2 heterocycles. The molecule has 2 saturated heterocycles. The van der Waals surface area contributed by atoms with Gasteiger partial charge in [0.25, 0.3) is 0 Å². The molecule has 6 nitrogen and oxygen atoms in total. The van der Waals surface area contributed by atoms with E-state index in [-0.39, 0.29) is 11.9 Å². The zero-order valence-corrected chi connectivity index (χ0v) is 15.0. The van der Waals surface area contributed by atoms with Gasteiger partial charge in [-0.3, -0.25) is 10.2 Å². The van der Waals surface area contributed by atoms with E-state index in [0.29, 0.717) is 24.1 Å². The molecule has 2 aliphatic rings. The van der Waals surface area contributed by atoms with E-state index in [2.05, 4.69) is 35.7 Å². The number of anilines is 1. The van der Waals surface area contributed by atoms with Crippen LogP contribution in [0.2, 0.25) is 0 Å². The molecule has 2 fully saturated rings. The van der Waals surface area contributed by atoms with E-state index in [9.17, 15) is 10.1 Å². The van der Waals surface area contributed by atoms with Crippen molar-refractivity contribution < 1.29 is 4.79 Å². The number of hydrazine groups is 1. The van der Waals surface area contributed by atoms with Crippen LogP contribution in [0.25, 0.3) is 0 Å². The SMILES string of the molecule is CC(C)C1CC(C(=O)N2CCCN(c3ccccc3C#N)CC2)NN1. The number of nitrogens with zero attached hydrogens (tertiary/aromatic N) is 3. The van der Waals surface area contributed by atoms with E-state index in [1.165, 1.54) is 0 Å². The predicted molar refractivity (Wildman–Crippen MR) is 97.9 cm³/mol. The number of amides is 1. The highest BCUT2D eigenvalue weighted by molar-refractivity contribution is 5.82. The summed E-state index contributed by atoms with van der Waals surface area (Å²) in [6.07, 6.45) is 1.76. The van der Waals surface area contributed by atoms with Gasteiger partial charge in [0.05, 0.1) is 11.3 Å². The molecule has 2 aliphatic heterocycles. The molecule has 1 aromatic carbocycles. The summed E-state index contributed by atoms with van der Waals surface area (Å²) in [6.45, 7) is 7.44. The number of hydrogen-bond acceptors (Lipinski definition) is 5. The maximum Gasteiger partial charge on any atom is 0.241 e. The maximum absolute atomic E-state index is 12.8. The van der Waals surface area contributed by atoms with Crippen LogP contribution in [0, 0.1) is 17.2 Å². The Morgan fingerprint density at radius 3 is 2.72 bits per heavy atom. The van der Waals surface area contributed by atoms with Crippen molar-refractivity contribution in [1.82, 2.24) is 15.8 Å². The van der Waals surface area contributed by atoms with Gasteiger partial charge in [0.15, 0.2) is 0 Å². The van der Waals surface area contributed by atoms with Gasteiger partial charge < -0.3 is 9.80 Å². The van der Waals surface area contributed by atoms with Crippen LogP contribution in [0.15, 0.2) is 24.3 Å². The van der Waals surface area contributed by atoms with E-state index >= 15 is 0 Å². The smallest absolute Gasteiger partial charge is 0.241 e. The first-order valence-corrected chi connectivity index (χ1v) is 9.14. The van der Waals surface area contributed by atoms with Crippen molar-refractivity contribution >= 4 is 11.6 Å². The van der Waals surface area contributed by atoms with Crippen molar-refractivity contribution in [1.29, 1.82) is 5.26 Å². The Hall–Kier alpha value is -2.10. The number of para-hydroxylation sites is 1. The minimum atomic E-state index is -0.134. The van der Waals surface area contributed by atoms with Gasteiger partial charge in [-0.05, 0) is 30.9 Å². The van der Waals surface area contributed by atoms with Crippen molar-refractivity contribution in [2.75, 3.05) is 31.1 Å². The highest BCUT2D eigenvalue weighted by Crippen LogP contribution is 2.22. The largest absolute Gasteiger partial charge is 0.369 e. The van der Waals surface area contributed by atoms with E-state index in [1.807, 2.05) is 29.2 Å². The van der Waals surface area contributed by atoms with Gasteiger partial charge in [-0.15, -0.1) is 0 Å². The van der Waals surface area contributed by atoms with Crippen LogP contribution in [0.5, 0.6) is 0 Å². The molecule has 1 aromatic rings. The molecule has 2 N–H and O–H groups in total. The summed E-state index contributed by atoms with van der Waals surface area (Å²) in [5, 5.41) is 9.32. The normalized spacial score (nSPS) is 24.2. The fraction of sp³-hybridized carbons (Fsp3) is 0.579. The summed E-state index contributed by atoms with van der Waals surface area (Å²) < 4.78 is 0. The summed E-state index contributed by atoms with van der Waals surface area (Å²) in [7, 11) is 0. The number of nitrogens with one attached hydrogen (secondary N) is 2. The molecule has 0 radical (unpaired) electrons. The van der Waals surface area contributed by atoms with Crippen molar-refractivity contribution in [3.8, 4) is 6.07 Å². The van der Waals surface area contributed by atoms with Crippen LogP contribution in [0.4, 0.5) is 5.69 Å². The molecule has 2 unspecified atom stereocenters. The first-order valence-electron chi connectivity index (χ1n) is 9.14. The number of benzene rings is 1. The lowest BCUT2D eigenvalue weighted by Crippen LogP contribution is -2.47. The Labute approximate surface area is 149 Å². The number of rotatable bonds is 3. The van der Waals surface area contributed by atoms with Gasteiger partial charge in [0.1, 0.15) is 12.1 Å². The van der Waals surface area contributed by atoms with Gasteiger partial charge in [-0.1, -0.05) is 26.0 Å². The topological polar surface area (TPSA) is 71.4 Å². The summed E-state index contributed by atoms with van der Waals surface area (Å²) >= 11 is 0. The molecule has 2 atom stereocenters. The van der Waals surface area contributed by atoms with E-state index < -0.39 is 0 Å². The monoisotopic (exact) mass is 341 g/mol. The minimum absolute atomic E-state index is 0.134. The highest BCUT2D eigenvalue weighted by atomic mass is 16.2. The van der Waals surface area contributed by atoms with Crippen LogP contribution in [-0.2, 0) is 4.79 Å². The quantitative estimate of drug-likeness (QED) is 0.871. The zero-order chi connectivity index (χ0) is 17.8. The lowest BCUT2D eigenvalue weighted by molar-refractivity contribution is -0.133. The molecule has 1 amide bonds. The standard InChI is InChI=1S/C19H27N5O/c1-14(2)16-12-17(22-21-16)19(25)24-9-5-8-23(10-11-24)18-7-4-3-6-15(18)13-20/h3-4,6-7,14,16-17,21-22H,5,8-12H2,1-2H3. The molecular formula is C19H27N5O. The summed E-state index contributed by atoms with van der Waals surface area (Å²) in [4.78, 5) is 17.0. The van der Waals surface area contributed by atoms with Crippen LogP contribution in [-0.4, -0.2) is 49.1 Å². The number of carbonyl (C=O) groups excluding carboxylic acids is 1. The summed E-state index contributed by atoms with van der Waals surface area (Å²) in [5.41, 5.74) is 8.09. The second kappa shape index (κ2) is 7.85. The van der Waals surface area contributed by atoms with Crippen LogP contribution in [0.3, 0.4) is 0 Å². The Morgan fingerprint density at radius 1 is 1.20 bits per heavy atom. The van der Waals surface area contributed by atoms with Gasteiger partial charge in [0, 0.05) is 32.2 Å². The van der Waals surface area contributed by atoms with Gasteiger partial charge >= 0.3 is 0 Å². The van der Waals surface area contributed by atoms with E-state index in [4.69, 9.17) is 0 Å². The maximum atomic E-state index is 12.8. The summed E-state index contributed by atoms with van der Waals surface area (Å²) in [5.74, 6) is 0.693. The van der Waals surface area contributed by atoms with Crippen molar-refractivity contribution in [3.63, 3.8) is 0 Å². The Morgan fingerprint density at radius 2 is 2.00 bits per heavy atom. The van der Waals surface area contributed by atoms with Crippen LogP contribution >= 0.6 is 0 Å². The molecular weight excluding hydrogens is 314 g/mol. The first-order chi connectivity index (χ1) is 12.1. The molecule has 0 aromatic heterocycles. The zero-order valence-electron chi connectivity index (χ0n) is 15.0. The first kappa shape index (κ1) is 17.7. The molecule has 25 heavy (non-hydrogen) atoms. The number of nitriles is 1. The minimum Gasteiger partial charge on any atom is -0.369 e. The molecule has 0 saturated carbocycles.